The van der Waals surface area contributed by atoms with Crippen molar-refractivity contribution in [2.75, 3.05) is 6.61 Å². The lowest BCUT2D eigenvalue weighted by Crippen LogP contribution is -2.07. The average Bonchev–Trinajstić information content (AvgIpc) is 2.78. The topological polar surface area (TPSA) is 38.0 Å². The highest BCUT2D eigenvalue weighted by molar-refractivity contribution is 9.10. The molecule has 2 aromatic rings. The van der Waals surface area contributed by atoms with Gasteiger partial charge < -0.3 is 9.67 Å². The van der Waals surface area contributed by atoms with Crippen LogP contribution >= 0.6 is 15.9 Å². The van der Waals surface area contributed by atoms with Gasteiger partial charge in [-0.1, -0.05) is 28.1 Å². The van der Waals surface area contributed by atoms with Gasteiger partial charge in [0, 0.05) is 42.9 Å². The van der Waals surface area contributed by atoms with E-state index in [1.54, 1.807) is 0 Å². The van der Waals surface area contributed by atoms with Crippen LogP contribution in [0.1, 0.15) is 23.7 Å². The molecule has 96 valence electrons. The smallest absolute Gasteiger partial charge is 0.108 e. The van der Waals surface area contributed by atoms with Gasteiger partial charge in [-0.25, -0.2) is 4.98 Å². The molecule has 1 aromatic carbocycles. The second-order valence-corrected chi connectivity index (χ2v) is 5.34. The van der Waals surface area contributed by atoms with E-state index in [1.807, 2.05) is 36.1 Å². The first-order chi connectivity index (χ1) is 8.70. The lowest BCUT2D eigenvalue weighted by Gasteiger charge is -2.14. The van der Waals surface area contributed by atoms with Crippen molar-refractivity contribution >= 4 is 15.9 Å². The van der Waals surface area contributed by atoms with E-state index in [4.69, 9.17) is 0 Å². The largest absolute Gasteiger partial charge is 0.396 e. The van der Waals surface area contributed by atoms with Crippen LogP contribution in [0.4, 0.5) is 0 Å². The maximum atomic E-state index is 9.51. The molecule has 0 fully saturated rings. The van der Waals surface area contributed by atoms with Gasteiger partial charge in [-0.3, -0.25) is 0 Å². The Bertz CT molecular complexity index is 493. The summed E-state index contributed by atoms with van der Waals surface area (Å²) in [4.78, 5) is 4.30. The number of rotatable bonds is 5. The van der Waals surface area contributed by atoms with Gasteiger partial charge in [0.2, 0.25) is 0 Å². The van der Waals surface area contributed by atoms with Crippen LogP contribution in [-0.2, 0) is 13.5 Å². The van der Waals surface area contributed by atoms with Crippen molar-refractivity contribution in [1.82, 2.24) is 9.55 Å². The quantitative estimate of drug-likeness (QED) is 0.922. The Morgan fingerprint density at radius 2 is 2.06 bits per heavy atom. The molecule has 1 atom stereocenters. The molecule has 0 aliphatic heterocycles. The number of aromatic nitrogens is 2. The Balaban J connectivity index is 2.01. The molecule has 18 heavy (non-hydrogen) atoms. The van der Waals surface area contributed by atoms with E-state index in [0.717, 1.165) is 23.1 Å². The summed E-state index contributed by atoms with van der Waals surface area (Å²) >= 11 is 3.42. The first kappa shape index (κ1) is 13.3. The molecule has 0 saturated carbocycles. The number of hydrogen-bond acceptors (Lipinski definition) is 2. The molecule has 4 heteroatoms. The van der Waals surface area contributed by atoms with Gasteiger partial charge in [0.05, 0.1) is 0 Å². The summed E-state index contributed by atoms with van der Waals surface area (Å²) in [7, 11) is 2.00. The van der Waals surface area contributed by atoms with Gasteiger partial charge in [-0.05, 0) is 24.1 Å². The first-order valence-corrected chi connectivity index (χ1v) is 6.82. The second kappa shape index (κ2) is 6.16. The van der Waals surface area contributed by atoms with Crippen molar-refractivity contribution in [3.8, 4) is 0 Å². The number of hydrogen-bond donors (Lipinski definition) is 1. The van der Waals surface area contributed by atoms with Gasteiger partial charge in [-0.15, -0.1) is 0 Å². The molecule has 0 aliphatic carbocycles. The third-order valence-electron chi connectivity index (χ3n) is 3.20. The fourth-order valence-corrected chi connectivity index (χ4v) is 2.30. The van der Waals surface area contributed by atoms with Gasteiger partial charge in [0.15, 0.2) is 0 Å². The summed E-state index contributed by atoms with van der Waals surface area (Å²) in [5, 5.41) is 9.51. The number of nitrogens with zero attached hydrogens (tertiary/aromatic N) is 2. The Kier molecular flexibility index (Phi) is 4.55. The molecule has 0 spiro atoms. The zero-order chi connectivity index (χ0) is 13.0. The van der Waals surface area contributed by atoms with Crippen LogP contribution in [0.3, 0.4) is 0 Å². The lowest BCUT2D eigenvalue weighted by atomic mass is 9.95. The van der Waals surface area contributed by atoms with E-state index in [9.17, 15) is 5.11 Å². The predicted octanol–water partition coefficient (Wildman–Crippen LogP) is 2.89. The first-order valence-electron chi connectivity index (χ1n) is 6.03. The van der Waals surface area contributed by atoms with E-state index in [0.29, 0.717) is 0 Å². The molecule has 2 rings (SSSR count). The SMILES string of the molecule is Cn1ccnc1CCC(CO)c1ccc(Br)cc1. The normalized spacial score (nSPS) is 12.6. The highest BCUT2D eigenvalue weighted by atomic mass is 79.9. The number of benzene rings is 1. The summed E-state index contributed by atoms with van der Waals surface area (Å²) in [5.41, 5.74) is 1.18. The van der Waals surface area contributed by atoms with Gasteiger partial charge >= 0.3 is 0 Å². The van der Waals surface area contributed by atoms with Gasteiger partial charge in [0.25, 0.3) is 0 Å². The molecular weight excluding hydrogens is 292 g/mol. The Morgan fingerprint density at radius 1 is 1.33 bits per heavy atom. The van der Waals surface area contributed by atoms with Gasteiger partial charge in [0.1, 0.15) is 5.82 Å². The molecule has 3 nitrogen and oxygen atoms in total. The van der Waals surface area contributed by atoms with Crippen LogP contribution in [0, 0.1) is 0 Å². The molecule has 1 N–H and O–H groups in total. The van der Waals surface area contributed by atoms with E-state index in [-0.39, 0.29) is 12.5 Å². The van der Waals surface area contributed by atoms with Crippen molar-refractivity contribution in [3.05, 3.63) is 52.5 Å². The summed E-state index contributed by atoms with van der Waals surface area (Å²) in [6.45, 7) is 0.173. The summed E-state index contributed by atoms with van der Waals surface area (Å²) in [6.07, 6.45) is 5.54. The Morgan fingerprint density at radius 3 is 2.61 bits per heavy atom. The van der Waals surface area contributed by atoms with Crippen molar-refractivity contribution in [2.24, 2.45) is 7.05 Å². The molecular formula is C14H17BrN2O. The zero-order valence-electron chi connectivity index (χ0n) is 10.4. The molecule has 0 amide bonds. The van der Waals surface area contributed by atoms with Crippen LogP contribution in [0.25, 0.3) is 0 Å². The third-order valence-corrected chi connectivity index (χ3v) is 3.73. The van der Waals surface area contributed by atoms with E-state index < -0.39 is 0 Å². The number of aryl methyl sites for hydroxylation is 2. The minimum atomic E-state index is 0.173. The fourth-order valence-electron chi connectivity index (χ4n) is 2.04. The predicted molar refractivity (Wildman–Crippen MR) is 75.5 cm³/mol. The van der Waals surface area contributed by atoms with Crippen LogP contribution < -0.4 is 0 Å². The van der Waals surface area contributed by atoms with Crippen molar-refractivity contribution in [3.63, 3.8) is 0 Å². The van der Waals surface area contributed by atoms with Crippen LogP contribution in [0.2, 0.25) is 0 Å². The van der Waals surface area contributed by atoms with E-state index in [1.165, 1.54) is 5.56 Å². The van der Waals surface area contributed by atoms with E-state index in [2.05, 4.69) is 33.0 Å². The Hall–Kier alpha value is -1.13. The van der Waals surface area contributed by atoms with Crippen LogP contribution in [-0.4, -0.2) is 21.3 Å². The van der Waals surface area contributed by atoms with Crippen molar-refractivity contribution in [2.45, 2.75) is 18.8 Å². The number of aliphatic hydroxyl groups is 1. The molecule has 1 heterocycles. The third kappa shape index (κ3) is 3.21. The maximum absolute atomic E-state index is 9.51. The molecule has 0 bridgehead atoms. The molecule has 0 aliphatic rings. The van der Waals surface area contributed by atoms with Crippen molar-refractivity contribution in [1.29, 1.82) is 0 Å². The summed E-state index contributed by atoms with van der Waals surface area (Å²) in [5.74, 6) is 1.24. The number of imidazole rings is 1. The highest BCUT2D eigenvalue weighted by Crippen LogP contribution is 2.22. The number of aliphatic hydroxyl groups excluding tert-OH is 1. The lowest BCUT2D eigenvalue weighted by molar-refractivity contribution is 0.258. The summed E-state index contributed by atoms with van der Waals surface area (Å²) < 4.78 is 3.09. The molecule has 1 aromatic heterocycles. The van der Waals surface area contributed by atoms with Crippen LogP contribution in [0.15, 0.2) is 41.1 Å². The fraction of sp³-hybridized carbons (Fsp3) is 0.357. The monoisotopic (exact) mass is 308 g/mol. The zero-order valence-corrected chi connectivity index (χ0v) is 12.0. The Labute approximate surface area is 116 Å². The van der Waals surface area contributed by atoms with Crippen LogP contribution in [0.5, 0.6) is 0 Å². The minimum Gasteiger partial charge on any atom is -0.396 e. The minimum absolute atomic E-state index is 0.173. The second-order valence-electron chi connectivity index (χ2n) is 4.42. The van der Waals surface area contributed by atoms with E-state index >= 15 is 0 Å². The standard InChI is InChI=1S/C14H17BrN2O/c1-17-9-8-16-14(17)7-4-12(10-18)11-2-5-13(15)6-3-11/h2-3,5-6,8-9,12,18H,4,7,10H2,1H3. The number of halogens is 1. The summed E-state index contributed by atoms with van der Waals surface area (Å²) in [6, 6.07) is 8.14. The van der Waals surface area contributed by atoms with Crippen molar-refractivity contribution < 1.29 is 5.11 Å². The van der Waals surface area contributed by atoms with Gasteiger partial charge in [-0.2, -0.15) is 0 Å². The molecule has 0 saturated heterocycles. The molecule has 0 radical (unpaired) electrons. The molecule has 1 unspecified atom stereocenters. The maximum Gasteiger partial charge on any atom is 0.108 e. The average molecular weight is 309 g/mol. The highest BCUT2D eigenvalue weighted by Gasteiger charge is 2.11.